The molecule has 1 amide bonds. The number of carbonyl (C=O) groups is 1. The van der Waals surface area contributed by atoms with Crippen LogP contribution in [0.2, 0.25) is 13.1 Å². The Morgan fingerprint density at radius 3 is 2.20 bits per heavy atom. The van der Waals surface area contributed by atoms with Crippen LogP contribution in [-0.2, 0) is 21.1 Å². The zero-order chi connectivity index (χ0) is 30.8. The molecular formula is C35H56NO4Si. The third-order valence-electron chi connectivity index (χ3n) is 7.67. The molecular weight excluding hydrogens is 526 g/mol. The Balaban J connectivity index is 2.32. The van der Waals surface area contributed by atoms with Crippen molar-refractivity contribution in [3.8, 4) is 11.5 Å². The van der Waals surface area contributed by atoms with Crippen LogP contribution < -0.4 is 14.8 Å². The molecule has 2 aromatic carbocycles. The van der Waals surface area contributed by atoms with E-state index in [9.17, 15) is 4.79 Å². The highest BCUT2D eigenvalue weighted by atomic mass is 28.3. The van der Waals surface area contributed by atoms with Crippen LogP contribution in [-0.4, -0.2) is 35.3 Å². The number of rotatable bonds is 15. The molecule has 0 spiro atoms. The van der Waals surface area contributed by atoms with Gasteiger partial charge in [-0.1, -0.05) is 85.9 Å². The number of nitrogens with one attached hydrogen (secondary N) is 1. The van der Waals surface area contributed by atoms with Crippen molar-refractivity contribution in [1.29, 1.82) is 0 Å². The largest absolute Gasteiger partial charge is 0.497 e. The molecule has 2 rings (SSSR count). The average Bonchev–Trinajstić information content (AvgIpc) is 2.88. The molecule has 0 saturated carbocycles. The van der Waals surface area contributed by atoms with Crippen molar-refractivity contribution >= 4 is 20.6 Å². The molecule has 2 atom stereocenters. The van der Waals surface area contributed by atoms with Crippen molar-refractivity contribution in [2.45, 2.75) is 124 Å². The Bertz CT molecular complexity index is 1100. The number of ether oxygens (including phenoxy) is 2. The van der Waals surface area contributed by atoms with Gasteiger partial charge in [0.25, 0.3) is 0 Å². The zero-order valence-corrected chi connectivity index (χ0v) is 28.7. The monoisotopic (exact) mass is 582 g/mol. The van der Waals surface area contributed by atoms with Crippen molar-refractivity contribution < 1.29 is 18.7 Å². The number of aryl methyl sites for hydroxylation is 1. The van der Waals surface area contributed by atoms with Gasteiger partial charge in [0.15, 0.2) is 0 Å². The Morgan fingerprint density at radius 2 is 1.63 bits per heavy atom. The highest BCUT2D eigenvalue weighted by Crippen LogP contribution is 2.37. The maximum atomic E-state index is 13.7. The average molecular weight is 583 g/mol. The minimum Gasteiger partial charge on any atom is -0.497 e. The highest BCUT2D eigenvalue weighted by Gasteiger charge is 2.27. The van der Waals surface area contributed by atoms with Gasteiger partial charge in [0, 0.05) is 18.2 Å². The SMILES string of the molecule is CCCCCC(CC(=O)Nc1cc(CCC(O[Si](C)C)C(C)(C)C)ccc1C(C)(C)C)c1ccc(OC)cc1OC. The first-order valence-electron chi connectivity index (χ1n) is 15.3. The van der Waals surface area contributed by atoms with E-state index in [4.69, 9.17) is 13.9 Å². The number of unbranched alkanes of at least 4 members (excludes halogenated alkanes) is 2. The molecule has 0 heterocycles. The highest BCUT2D eigenvalue weighted by molar-refractivity contribution is 6.48. The summed E-state index contributed by atoms with van der Waals surface area (Å²) in [6.45, 7) is 20.0. The molecule has 229 valence electrons. The van der Waals surface area contributed by atoms with Gasteiger partial charge in [0.05, 0.1) is 20.3 Å². The van der Waals surface area contributed by atoms with Crippen molar-refractivity contribution in [2.24, 2.45) is 5.41 Å². The van der Waals surface area contributed by atoms with Crippen LogP contribution in [0.4, 0.5) is 5.69 Å². The summed E-state index contributed by atoms with van der Waals surface area (Å²) < 4.78 is 17.5. The fraction of sp³-hybridized carbons (Fsp3) is 0.629. The maximum Gasteiger partial charge on any atom is 0.224 e. The number of anilines is 1. The minimum atomic E-state index is -0.793. The Morgan fingerprint density at radius 1 is 0.927 bits per heavy atom. The van der Waals surface area contributed by atoms with E-state index in [0.717, 1.165) is 66.8 Å². The van der Waals surface area contributed by atoms with Crippen LogP contribution in [0.1, 0.15) is 110 Å². The molecule has 6 heteroatoms. The molecule has 0 aliphatic carbocycles. The third kappa shape index (κ3) is 11.1. The second kappa shape index (κ2) is 15.8. The maximum absolute atomic E-state index is 13.7. The van der Waals surface area contributed by atoms with Crippen LogP contribution >= 0.6 is 0 Å². The van der Waals surface area contributed by atoms with E-state index in [0.29, 0.717) is 6.42 Å². The molecule has 2 aromatic rings. The second-order valence-electron chi connectivity index (χ2n) is 13.6. The Hall–Kier alpha value is -2.31. The second-order valence-corrected chi connectivity index (χ2v) is 15.7. The van der Waals surface area contributed by atoms with Gasteiger partial charge >= 0.3 is 0 Å². The molecule has 1 radical (unpaired) electrons. The fourth-order valence-corrected chi connectivity index (χ4v) is 6.38. The quantitative estimate of drug-likeness (QED) is 0.168. The van der Waals surface area contributed by atoms with E-state index in [1.165, 1.54) is 5.56 Å². The van der Waals surface area contributed by atoms with Crippen LogP contribution in [0.15, 0.2) is 36.4 Å². The van der Waals surface area contributed by atoms with Gasteiger partial charge in [-0.05, 0) is 77.9 Å². The molecule has 1 N–H and O–H groups in total. The number of amides is 1. The topological polar surface area (TPSA) is 56.8 Å². The molecule has 0 fully saturated rings. The van der Waals surface area contributed by atoms with E-state index in [2.05, 4.69) is 91.1 Å². The van der Waals surface area contributed by atoms with Crippen molar-refractivity contribution in [3.05, 3.63) is 53.1 Å². The van der Waals surface area contributed by atoms with Gasteiger partial charge in [-0.25, -0.2) is 0 Å². The molecule has 0 aliphatic heterocycles. The van der Waals surface area contributed by atoms with Crippen LogP contribution in [0.3, 0.4) is 0 Å². The summed E-state index contributed by atoms with van der Waals surface area (Å²) in [5, 5.41) is 3.33. The van der Waals surface area contributed by atoms with Gasteiger partial charge in [0.2, 0.25) is 14.9 Å². The summed E-state index contributed by atoms with van der Waals surface area (Å²) in [7, 11) is 2.54. The smallest absolute Gasteiger partial charge is 0.224 e. The molecule has 0 aromatic heterocycles. The molecule has 41 heavy (non-hydrogen) atoms. The zero-order valence-electron chi connectivity index (χ0n) is 27.7. The summed E-state index contributed by atoms with van der Waals surface area (Å²) in [6, 6.07) is 12.5. The lowest BCUT2D eigenvalue weighted by Gasteiger charge is -2.32. The molecule has 5 nitrogen and oxygen atoms in total. The third-order valence-corrected chi connectivity index (χ3v) is 8.43. The van der Waals surface area contributed by atoms with Crippen molar-refractivity contribution in [2.75, 3.05) is 19.5 Å². The van der Waals surface area contributed by atoms with Crippen molar-refractivity contribution in [1.82, 2.24) is 0 Å². The predicted molar refractivity (Wildman–Crippen MR) is 175 cm³/mol. The summed E-state index contributed by atoms with van der Waals surface area (Å²) in [5.41, 5.74) is 4.33. The summed E-state index contributed by atoms with van der Waals surface area (Å²) in [4.78, 5) is 13.7. The normalized spacial score (nSPS) is 13.7. The molecule has 0 saturated heterocycles. The van der Waals surface area contributed by atoms with E-state index >= 15 is 0 Å². The first-order valence-corrected chi connectivity index (χ1v) is 17.7. The number of methoxy groups -OCH3 is 2. The summed E-state index contributed by atoms with van der Waals surface area (Å²) in [6.07, 6.45) is 6.76. The fourth-order valence-electron chi connectivity index (χ4n) is 5.34. The summed E-state index contributed by atoms with van der Waals surface area (Å²) in [5.74, 6) is 1.62. The Kier molecular flexibility index (Phi) is 13.4. The number of carbonyl (C=O) groups excluding carboxylic acids is 1. The standard InChI is InChI=1S/C35H56NO4Si/c1-12-13-14-15-26(28-19-18-27(38-8)24-31(28)39-9)23-33(37)36-30-22-25(16-20-29(30)34(2,3)4)17-21-32(35(5,6)7)40-41(10)11/h16,18-20,22,24,26,32H,12-15,17,21,23H2,1-11H3,(H,36,37). The van der Waals surface area contributed by atoms with E-state index in [1.807, 2.05) is 12.1 Å². The lowest BCUT2D eigenvalue weighted by Crippen LogP contribution is -2.33. The minimum absolute atomic E-state index is 0.0344. The lowest BCUT2D eigenvalue weighted by molar-refractivity contribution is -0.116. The first-order chi connectivity index (χ1) is 19.2. The van der Waals surface area contributed by atoms with E-state index in [1.54, 1.807) is 14.2 Å². The van der Waals surface area contributed by atoms with Crippen LogP contribution in [0.25, 0.3) is 0 Å². The predicted octanol–water partition coefficient (Wildman–Crippen LogP) is 9.31. The summed E-state index contributed by atoms with van der Waals surface area (Å²) >= 11 is 0. The molecule has 0 bridgehead atoms. The van der Waals surface area contributed by atoms with Gasteiger partial charge < -0.3 is 19.2 Å². The van der Waals surface area contributed by atoms with Crippen molar-refractivity contribution in [3.63, 3.8) is 0 Å². The first kappa shape index (κ1) is 34.9. The number of hydrogen-bond donors (Lipinski definition) is 1. The van der Waals surface area contributed by atoms with Crippen LogP contribution in [0, 0.1) is 5.41 Å². The van der Waals surface area contributed by atoms with Gasteiger partial charge in [-0.15, -0.1) is 0 Å². The lowest BCUT2D eigenvalue weighted by atomic mass is 9.83. The van der Waals surface area contributed by atoms with E-state index in [-0.39, 0.29) is 28.8 Å². The number of hydrogen-bond acceptors (Lipinski definition) is 4. The van der Waals surface area contributed by atoms with Crippen LogP contribution in [0.5, 0.6) is 11.5 Å². The van der Waals surface area contributed by atoms with Gasteiger partial charge in [-0.3, -0.25) is 4.79 Å². The van der Waals surface area contributed by atoms with E-state index < -0.39 is 9.04 Å². The van der Waals surface area contributed by atoms with Gasteiger partial charge in [0.1, 0.15) is 11.5 Å². The number of benzene rings is 2. The Labute approximate surface area is 252 Å². The molecule has 0 aliphatic rings. The van der Waals surface area contributed by atoms with Gasteiger partial charge in [-0.2, -0.15) is 0 Å². The molecule has 2 unspecified atom stereocenters.